The number of aryl methyl sites for hydroxylation is 1. The molecule has 0 unspecified atom stereocenters. The molecule has 1 fully saturated rings. The van der Waals surface area contributed by atoms with Crippen molar-refractivity contribution in [2.24, 2.45) is 0 Å². The molecule has 3 aromatic rings. The van der Waals surface area contributed by atoms with Crippen molar-refractivity contribution in [2.75, 3.05) is 17.8 Å². The van der Waals surface area contributed by atoms with Crippen LogP contribution in [0.15, 0.2) is 46.7 Å². The predicted octanol–water partition coefficient (Wildman–Crippen LogP) is 4.35. The first-order valence-corrected chi connectivity index (χ1v) is 12.1. The summed E-state index contributed by atoms with van der Waals surface area (Å²) < 4.78 is 74.2. The molecule has 2 aromatic carbocycles. The SMILES string of the molecule is O=S(=O)(Nc1ccsn1)c1c(F)cc(CCc2c(F)cccc2CN2CCC2)cc1F. The van der Waals surface area contributed by atoms with Gasteiger partial charge >= 0.3 is 0 Å². The first kappa shape index (κ1) is 21.8. The summed E-state index contributed by atoms with van der Waals surface area (Å²) in [5.41, 5.74) is 1.62. The van der Waals surface area contributed by atoms with Crippen LogP contribution in [0.1, 0.15) is 23.1 Å². The van der Waals surface area contributed by atoms with Crippen molar-refractivity contribution in [3.05, 3.63) is 75.9 Å². The summed E-state index contributed by atoms with van der Waals surface area (Å²) in [4.78, 5) is 1.14. The fourth-order valence-corrected chi connectivity index (χ4v) is 5.20. The molecular formula is C21H20F3N3O2S2. The third kappa shape index (κ3) is 4.91. The normalized spacial score (nSPS) is 14.4. The van der Waals surface area contributed by atoms with Gasteiger partial charge < -0.3 is 0 Å². The molecule has 10 heteroatoms. The van der Waals surface area contributed by atoms with Crippen LogP contribution in [0.2, 0.25) is 0 Å². The van der Waals surface area contributed by atoms with Gasteiger partial charge in [0.15, 0.2) is 10.7 Å². The maximum Gasteiger partial charge on any atom is 0.268 e. The predicted molar refractivity (Wildman–Crippen MR) is 113 cm³/mol. The van der Waals surface area contributed by atoms with E-state index in [1.165, 1.54) is 17.5 Å². The lowest BCUT2D eigenvalue weighted by atomic mass is 9.98. The summed E-state index contributed by atoms with van der Waals surface area (Å²) in [6, 6.07) is 8.23. The van der Waals surface area contributed by atoms with E-state index in [0.29, 0.717) is 12.1 Å². The topological polar surface area (TPSA) is 62.3 Å². The van der Waals surface area contributed by atoms with E-state index in [1.807, 2.05) is 6.07 Å². The minimum atomic E-state index is -4.47. The number of nitrogens with one attached hydrogen (secondary N) is 1. The van der Waals surface area contributed by atoms with Gasteiger partial charge in [0.2, 0.25) is 0 Å². The Hall–Kier alpha value is -2.43. The van der Waals surface area contributed by atoms with Crippen molar-refractivity contribution in [1.82, 2.24) is 9.27 Å². The number of nitrogens with zero attached hydrogens (tertiary/aromatic N) is 2. The zero-order chi connectivity index (χ0) is 22.0. The maximum absolute atomic E-state index is 14.6. The summed E-state index contributed by atoms with van der Waals surface area (Å²) in [6.07, 6.45) is 1.54. The second kappa shape index (κ2) is 8.97. The molecule has 31 heavy (non-hydrogen) atoms. The Bertz CT molecular complexity index is 1160. The highest BCUT2D eigenvalue weighted by Crippen LogP contribution is 2.25. The van der Waals surface area contributed by atoms with Gasteiger partial charge in [-0.2, -0.15) is 4.37 Å². The second-order valence-corrected chi connectivity index (χ2v) is 9.67. The number of benzene rings is 2. The van der Waals surface area contributed by atoms with Gasteiger partial charge in [-0.15, -0.1) is 0 Å². The number of likely N-dealkylation sites (tertiary alicyclic amines) is 1. The molecule has 0 bridgehead atoms. The van der Waals surface area contributed by atoms with Crippen LogP contribution >= 0.6 is 11.5 Å². The van der Waals surface area contributed by atoms with Gasteiger partial charge in [0.05, 0.1) is 0 Å². The van der Waals surface area contributed by atoms with Gasteiger partial charge in [-0.05, 0) is 84.8 Å². The Morgan fingerprint density at radius 3 is 2.39 bits per heavy atom. The molecule has 0 saturated carbocycles. The first-order valence-electron chi connectivity index (χ1n) is 9.73. The van der Waals surface area contributed by atoms with E-state index in [-0.39, 0.29) is 30.0 Å². The lowest BCUT2D eigenvalue weighted by molar-refractivity contribution is 0.172. The van der Waals surface area contributed by atoms with E-state index in [9.17, 15) is 21.6 Å². The van der Waals surface area contributed by atoms with Crippen LogP contribution in [-0.2, 0) is 29.4 Å². The molecule has 1 aromatic heterocycles. The largest absolute Gasteiger partial charge is 0.299 e. The van der Waals surface area contributed by atoms with Gasteiger partial charge in [0.1, 0.15) is 17.5 Å². The van der Waals surface area contributed by atoms with Gasteiger partial charge in [-0.3, -0.25) is 9.62 Å². The molecule has 0 atom stereocenters. The van der Waals surface area contributed by atoms with Crippen LogP contribution in [0.25, 0.3) is 0 Å². The van der Waals surface area contributed by atoms with E-state index < -0.39 is 26.6 Å². The highest BCUT2D eigenvalue weighted by atomic mass is 32.2. The zero-order valence-corrected chi connectivity index (χ0v) is 18.1. The van der Waals surface area contributed by atoms with Crippen molar-refractivity contribution >= 4 is 27.4 Å². The molecule has 0 radical (unpaired) electrons. The summed E-state index contributed by atoms with van der Waals surface area (Å²) in [7, 11) is -4.47. The monoisotopic (exact) mass is 467 g/mol. The average molecular weight is 468 g/mol. The number of sulfonamides is 1. The molecule has 1 saturated heterocycles. The average Bonchev–Trinajstić information content (AvgIpc) is 3.15. The van der Waals surface area contributed by atoms with Crippen LogP contribution in [0, 0.1) is 17.5 Å². The van der Waals surface area contributed by atoms with Crippen molar-refractivity contribution < 1.29 is 21.6 Å². The standard InChI is InChI=1S/C21H20F3N3O2S2/c22-17-4-1-3-15(13-27-8-2-9-27)16(17)6-5-14-11-18(23)21(19(24)12-14)31(28,29)26-20-7-10-30-25-20/h1,3-4,7,10-12H,2,5-6,8-9,13H2,(H,25,26). The van der Waals surface area contributed by atoms with Crippen LogP contribution in [-0.4, -0.2) is 30.8 Å². The van der Waals surface area contributed by atoms with Crippen LogP contribution in [0.5, 0.6) is 0 Å². The summed E-state index contributed by atoms with van der Waals surface area (Å²) in [5, 5.41) is 1.53. The molecule has 1 aliphatic rings. The number of rotatable bonds is 8. The fraction of sp³-hybridized carbons (Fsp3) is 0.286. The lowest BCUT2D eigenvalue weighted by Gasteiger charge is -2.31. The minimum Gasteiger partial charge on any atom is -0.299 e. The van der Waals surface area contributed by atoms with Gasteiger partial charge in [0.25, 0.3) is 10.0 Å². The molecule has 0 amide bonds. The van der Waals surface area contributed by atoms with E-state index in [2.05, 4.69) is 14.0 Å². The Balaban J connectivity index is 1.53. The number of aromatic nitrogens is 1. The Kier molecular flexibility index (Phi) is 6.31. The lowest BCUT2D eigenvalue weighted by Crippen LogP contribution is -2.36. The molecule has 0 aliphatic carbocycles. The molecule has 1 aliphatic heterocycles. The molecule has 2 heterocycles. The molecule has 0 spiro atoms. The number of hydrogen-bond acceptors (Lipinski definition) is 5. The second-order valence-electron chi connectivity index (χ2n) is 7.39. The van der Waals surface area contributed by atoms with Crippen molar-refractivity contribution in [2.45, 2.75) is 30.7 Å². The minimum absolute atomic E-state index is 0.0119. The Labute approximate surface area is 182 Å². The smallest absolute Gasteiger partial charge is 0.268 e. The van der Waals surface area contributed by atoms with Crippen LogP contribution < -0.4 is 4.72 Å². The van der Waals surface area contributed by atoms with Crippen molar-refractivity contribution in [3.8, 4) is 0 Å². The van der Waals surface area contributed by atoms with Crippen molar-refractivity contribution in [1.29, 1.82) is 0 Å². The Morgan fingerprint density at radius 2 is 1.77 bits per heavy atom. The first-order chi connectivity index (χ1) is 14.8. The van der Waals surface area contributed by atoms with Crippen LogP contribution in [0.4, 0.5) is 19.0 Å². The van der Waals surface area contributed by atoms with E-state index in [1.54, 1.807) is 6.07 Å². The molecule has 164 valence electrons. The van der Waals surface area contributed by atoms with Gasteiger partial charge in [-0.25, -0.2) is 21.6 Å². The fourth-order valence-electron chi connectivity index (χ4n) is 3.55. The van der Waals surface area contributed by atoms with Crippen molar-refractivity contribution in [3.63, 3.8) is 0 Å². The van der Waals surface area contributed by atoms with Gasteiger partial charge in [0, 0.05) is 11.9 Å². The molecular weight excluding hydrogens is 447 g/mol. The number of hydrogen-bond donors (Lipinski definition) is 1. The van der Waals surface area contributed by atoms with E-state index in [0.717, 1.165) is 48.7 Å². The number of halogens is 3. The van der Waals surface area contributed by atoms with E-state index in [4.69, 9.17) is 0 Å². The molecule has 4 rings (SSSR count). The summed E-state index contributed by atoms with van der Waals surface area (Å²) >= 11 is 1.00. The van der Waals surface area contributed by atoms with E-state index >= 15 is 0 Å². The molecule has 1 N–H and O–H groups in total. The third-order valence-corrected chi connectivity index (χ3v) is 7.19. The number of anilines is 1. The van der Waals surface area contributed by atoms with Gasteiger partial charge in [-0.1, -0.05) is 12.1 Å². The quantitative estimate of drug-likeness (QED) is 0.535. The third-order valence-electron chi connectivity index (χ3n) is 5.23. The summed E-state index contributed by atoms with van der Waals surface area (Å²) in [5.74, 6) is -2.77. The highest BCUT2D eigenvalue weighted by Gasteiger charge is 2.26. The maximum atomic E-state index is 14.6. The zero-order valence-electron chi connectivity index (χ0n) is 16.4. The Morgan fingerprint density at radius 1 is 1.03 bits per heavy atom. The summed E-state index contributed by atoms with van der Waals surface area (Å²) in [6.45, 7) is 2.57. The van der Waals surface area contributed by atoms with Crippen LogP contribution in [0.3, 0.4) is 0 Å². The highest BCUT2D eigenvalue weighted by molar-refractivity contribution is 7.92. The molecule has 5 nitrogen and oxygen atoms in total.